The van der Waals surface area contributed by atoms with E-state index >= 15 is 0 Å². The number of aromatic nitrogens is 2. The van der Waals surface area contributed by atoms with Crippen LogP contribution in [0.4, 0.5) is 23.2 Å². The molecule has 7 heteroatoms. The molecule has 0 saturated heterocycles. The van der Waals surface area contributed by atoms with Crippen molar-refractivity contribution in [1.82, 2.24) is 9.78 Å². The van der Waals surface area contributed by atoms with E-state index in [1.807, 2.05) is 0 Å². The first-order chi connectivity index (χ1) is 8.38. The van der Waals surface area contributed by atoms with Gasteiger partial charge in [-0.3, -0.25) is 4.68 Å². The Hall–Kier alpha value is -2.05. The Labute approximate surface area is 99.8 Å². The van der Waals surface area contributed by atoms with E-state index in [4.69, 9.17) is 5.73 Å². The van der Waals surface area contributed by atoms with Crippen LogP contribution in [0.15, 0.2) is 30.6 Å². The number of nitrogens with zero attached hydrogens (tertiary/aromatic N) is 2. The average Bonchev–Trinajstić information content (AvgIpc) is 2.65. The molecule has 1 aromatic carbocycles. The van der Waals surface area contributed by atoms with Crippen molar-refractivity contribution in [1.29, 1.82) is 0 Å². The molecule has 0 saturated carbocycles. The number of rotatable bonds is 2. The zero-order valence-electron chi connectivity index (χ0n) is 9.08. The zero-order valence-corrected chi connectivity index (χ0v) is 9.08. The van der Waals surface area contributed by atoms with Gasteiger partial charge in [0.25, 0.3) is 0 Å². The SMILES string of the molecule is Nc1cnn(Cc2c(F)cccc2C(F)(F)F)c1. The first kappa shape index (κ1) is 12.4. The summed E-state index contributed by atoms with van der Waals surface area (Å²) in [4.78, 5) is 0. The van der Waals surface area contributed by atoms with Crippen molar-refractivity contribution >= 4 is 5.69 Å². The molecular formula is C11H9F4N3. The van der Waals surface area contributed by atoms with E-state index in [1.54, 1.807) is 0 Å². The lowest BCUT2D eigenvalue weighted by atomic mass is 10.1. The average molecular weight is 259 g/mol. The molecule has 0 aliphatic carbocycles. The minimum absolute atomic E-state index is 0.305. The van der Waals surface area contributed by atoms with Gasteiger partial charge in [0, 0.05) is 11.8 Å². The van der Waals surface area contributed by atoms with Crippen molar-refractivity contribution < 1.29 is 17.6 Å². The van der Waals surface area contributed by atoms with E-state index in [1.165, 1.54) is 12.4 Å². The number of nitrogen functional groups attached to an aromatic ring is 1. The van der Waals surface area contributed by atoms with Crippen LogP contribution in [0, 0.1) is 5.82 Å². The van der Waals surface area contributed by atoms with Crippen molar-refractivity contribution in [3.8, 4) is 0 Å². The second kappa shape index (κ2) is 4.32. The molecule has 18 heavy (non-hydrogen) atoms. The molecule has 1 aromatic heterocycles. The molecule has 2 rings (SSSR count). The van der Waals surface area contributed by atoms with Crippen molar-refractivity contribution in [3.05, 3.63) is 47.5 Å². The summed E-state index contributed by atoms with van der Waals surface area (Å²) in [5.41, 5.74) is 4.25. The van der Waals surface area contributed by atoms with E-state index in [0.29, 0.717) is 5.69 Å². The molecular weight excluding hydrogens is 250 g/mol. The first-order valence-corrected chi connectivity index (χ1v) is 5.00. The van der Waals surface area contributed by atoms with Crippen molar-refractivity contribution in [2.24, 2.45) is 0 Å². The van der Waals surface area contributed by atoms with Gasteiger partial charge >= 0.3 is 6.18 Å². The second-order valence-electron chi connectivity index (χ2n) is 3.73. The maximum absolute atomic E-state index is 13.5. The smallest absolute Gasteiger partial charge is 0.396 e. The maximum Gasteiger partial charge on any atom is 0.416 e. The summed E-state index contributed by atoms with van der Waals surface area (Å²) in [6.07, 6.45) is -1.98. The van der Waals surface area contributed by atoms with E-state index in [0.717, 1.165) is 22.9 Å². The highest BCUT2D eigenvalue weighted by molar-refractivity contribution is 5.33. The third kappa shape index (κ3) is 2.44. The molecule has 0 amide bonds. The highest BCUT2D eigenvalue weighted by atomic mass is 19.4. The van der Waals surface area contributed by atoms with Crippen LogP contribution >= 0.6 is 0 Å². The van der Waals surface area contributed by atoms with Crippen molar-refractivity contribution in [3.63, 3.8) is 0 Å². The molecule has 96 valence electrons. The van der Waals surface area contributed by atoms with Gasteiger partial charge in [-0.15, -0.1) is 0 Å². The van der Waals surface area contributed by atoms with Crippen molar-refractivity contribution in [2.75, 3.05) is 5.73 Å². The van der Waals surface area contributed by atoms with Gasteiger partial charge < -0.3 is 5.73 Å². The van der Waals surface area contributed by atoms with Gasteiger partial charge in [0.1, 0.15) is 5.82 Å². The topological polar surface area (TPSA) is 43.8 Å². The monoisotopic (exact) mass is 259 g/mol. The summed E-state index contributed by atoms with van der Waals surface area (Å²) < 4.78 is 52.8. The molecule has 0 atom stereocenters. The summed E-state index contributed by atoms with van der Waals surface area (Å²) in [6, 6.07) is 2.85. The third-order valence-electron chi connectivity index (χ3n) is 2.40. The first-order valence-electron chi connectivity index (χ1n) is 5.00. The van der Waals surface area contributed by atoms with Crippen LogP contribution in [-0.2, 0) is 12.7 Å². The normalized spacial score (nSPS) is 11.8. The molecule has 0 aliphatic heterocycles. The quantitative estimate of drug-likeness (QED) is 0.842. The van der Waals surface area contributed by atoms with E-state index in [2.05, 4.69) is 5.10 Å². The minimum atomic E-state index is -4.60. The molecule has 0 spiro atoms. The van der Waals surface area contributed by atoms with E-state index in [-0.39, 0.29) is 6.54 Å². The van der Waals surface area contributed by atoms with Crippen LogP contribution in [0.2, 0.25) is 0 Å². The number of benzene rings is 1. The molecule has 0 unspecified atom stereocenters. The Morgan fingerprint density at radius 1 is 1.28 bits per heavy atom. The number of anilines is 1. The predicted octanol–water partition coefficient (Wildman–Crippen LogP) is 2.67. The fourth-order valence-corrected chi connectivity index (χ4v) is 1.61. The third-order valence-corrected chi connectivity index (χ3v) is 2.40. The van der Waals surface area contributed by atoms with Crippen LogP contribution in [0.5, 0.6) is 0 Å². The Kier molecular flexibility index (Phi) is 2.98. The van der Waals surface area contributed by atoms with Crippen LogP contribution in [0.25, 0.3) is 0 Å². The number of alkyl halides is 3. The van der Waals surface area contributed by atoms with E-state index in [9.17, 15) is 17.6 Å². The van der Waals surface area contributed by atoms with Gasteiger partial charge in [-0.1, -0.05) is 6.07 Å². The van der Waals surface area contributed by atoms with Crippen LogP contribution in [0.1, 0.15) is 11.1 Å². The Morgan fingerprint density at radius 2 is 2.00 bits per heavy atom. The number of hydrogen-bond acceptors (Lipinski definition) is 2. The van der Waals surface area contributed by atoms with Crippen LogP contribution in [-0.4, -0.2) is 9.78 Å². The van der Waals surface area contributed by atoms with Gasteiger partial charge in [-0.25, -0.2) is 4.39 Å². The Morgan fingerprint density at radius 3 is 2.56 bits per heavy atom. The largest absolute Gasteiger partial charge is 0.416 e. The maximum atomic E-state index is 13.5. The molecule has 2 aromatic rings. The summed E-state index contributed by atoms with van der Waals surface area (Å²) in [6.45, 7) is -0.321. The predicted molar refractivity (Wildman–Crippen MR) is 57.1 cm³/mol. The summed E-state index contributed by atoms with van der Waals surface area (Å²) in [5, 5.41) is 3.73. The van der Waals surface area contributed by atoms with Gasteiger partial charge in [0.2, 0.25) is 0 Å². The number of nitrogens with two attached hydrogens (primary N) is 1. The highest BCUT2D eigenvalue weighted by Crippen LogP contribution is 2.33. The lowest BCUT2D eigenvalue weighted by molar-refractivity contribution is -0.138. The molecule has 0 aliphatic rings. The second-order valence-corrected chi connectivity index (χ2v) is 3.73. The Bertz CT molecular complexity index is 560. The summed E-state index contributed by atoms with van der Waals surface area (Å²) in [5.74, 6) is -0.918. The Balaban J connectivity index is 2.43. The highest BCUT2D eigenvalue weighted by Gasteiger charge is 2.34. The minimum Gasteiger partial charge on any atom is -0.396 e. The molecule has 3 nitrogen and oxygen atoms in total. The summed E-state index contributed by atoms with van der Waals surface area (Å²) >= 11 is 0. The molecule has 2 N–H and O–H groups in total. The standard InChI is InChI=1S/C11H9F4N3/c12-10-3-1-2-9(11(13,14)15)8(10)6-18-5-7(16)4-17-18/h1-5H,6,16H2. The fraction of sp³-hybridized carbons (Fsp3) is 0.182. The van der Waals surface area contributed by atoms with Crippen LogP contribution < -0.4 is 5.73 Å². The van der Waals surface area contributed by atoms with Gasteiger partial charge in [0.05, 0.1) is 24.0 Å². The molecule has 0 radical (unpaired) electrons. The van der Waals surface area contributed by atoms with E-state index < -0.39 is 23.1 Å². The summed E-state index contributed by atoms with van der Waals surface area (Å²) in [7, 11) is 0. The fourth-order valence-electron chi connectivity index (χ4n) is 1.61. The van der Waals surface area contributed by atoms with Gasteiger partial charge in [0.15, 0.2) is 0 Å². The molecule has 0 bridgehead atoms. The molecule has 1 heterocycles. The lowest BCUT2D eigenvalue weighted by Gasteiger charge is -2.13. The number of hydrogen-bond donors (Lipinski definition) is 1. The van der Waals surface area contributed by atoms with Gasteiger partial charge in [-0.2, -0.15) is 18.3 Å². The molecule has 0 fully saturated rings. The van der Waals surface area contributed by atoms with Gasteiger partial charge in [-0.05, 0) is 12.1 Å². The van der Waals surface area contributed by atoms with Crippen molar-refractivity contribution in [2.45, 2.75) is 12.7 Å². The van der Waals surface area contributed by atoms with Crippen LogP contribution in [0.3, 0.4) is 0 Å². The number of halogens is 4. The zero-order chi connectivity index (χ0) is 13.3. The lowest BCUT2D eigenvalue weighted by Crippen LogP contribution is -2.13.